The highest BCUT2D eigenvalue weighted by Crippen LogP contribution is 2.39. The molecule has 0 N–H and O–H groups in total. The highest BCUT2D eigenvalue weighted by Gasteiger charge is 2.19. The summed E-state index contributed by atoms with van der Waals surface area (Å²) in [5, 5.41) is 0. The number of benzene rings is 6. The molecule has 0 amide bonds. The fraction of sp³-hybridized carbons (Fsp3) is 0.0244. The van der Waals surface area contributed by atoms with Gasteiger partial charge in [-0.25, -0.2) is 0 Å². The molecule has 0 aromatic heterocycles. The molecule has 0 radical (unpaired) electrons. The van der Waals surface area contributed by atoms with Crippen LogP contribution in [0.25, 0.3) is 34.4 Å². The Kier molecular flexibility index (Phi) is 6.73. The zero-order valence-corrected chi connectivity index (χ0v) is 22.9. The molecule has 0 atom stereocenters. The van der Waals surface area contributed by atoms with E-state index in [0.717, 1.165) is 6.42 Å². The highest BCUT2D eigenvalue weighted by atomic mass is 14.2. The Morgan fingerprint density at radius 3 is 1.00 bits per heavy atom. The van der Waals surface area contributed by atoms with Gasteiger partial charge in [0.05, 0.1) is 0 Å². The average Bonchev–Trinajstić information content (AvgIpc) is 3.41. The molecule has 41 heavy (non-hydrogen) atoms. The molecule has 0 spiro atoms. The minimum atomic E-state index is 0.950. The van der Waals surface area contributed by atoms with Crippen LogP contribution in [0.4, 0.5) is 0 Å². The van der Waals surface area contributed by atoms with Gasteiger partial charge in [0.15, 0.2) is 0 Å². The molecule has 0 unspecified atom stereocenters. The summed E-state index contributed by atoms with van der Waals surface area (Å²) in [5.74, 6) is 0. The van der Waals surface area contributed by atoms with Crippen LogP contribution in [0, 0.1) is 0 Å². The minimum absolute atomic E-state index is 0.950. The van der Waals surface area contributed by atoms with Crippen molar-refractivity contribution in [3.05, 3.63) is 202 Å². The molecule has 0 saturated carbocycles. The molecular formula is C41H30. The van der Waals surface area contributed by atoms with Gasteiger partial charge in [-0.15, -0.1) is 0 Å². The maximum Gasteiger partial charge on any atom is -0.00130 e. The third-order valence-corrected chi connectivity index (χ3v) is 7.89. The molecule has 0 bridgehead atoms. The summed E-state index contributed by atoms with van der Waals surface area (Å²) in [4.78, 5) is 0. The van der Waals surface area contributed by atoms with Crippen LogP contribution in [-0.2, 0) is 6.42 Å². The van der Waals surface area contributed by atoms with Gasteiger partial charge in [0.1, 0.15) is 0 Å². The molecule has 0 heteroatoms. The normalized spacial score (nSPS) is 11.3. The maximum absolute atomic E-state index is 2.37. The standard InChI is InChI=1S/C41H30/c1-5-13-32(14-6-1)40(33-15-7-2-8-16-33)27-30-21-23-38-36(25-30)29-37-26-31(22-24-39(37)38)28-41(34-17-9-3-10-18-34)35-19-11-4-12-20-35/h1-28H,29H2. The molecule has 1 aliphatic rings. The highest BCUT2D eigenvalue weighted by molar-refractivity contribution is 5.93. The van der Waals surface area contributed by atoms with Crippen molar-refractivity contribution in [2.24, 2.45) is 0 Å². The molecule has 0 heterocycles. The first-order valence-electron chi connectivity index (χ1n) is 14.2. The van der Waals surface area contributed by atoms with Crippen molar-refractivity contribution >= 4 is 23.3 Å². The molecule has 194 valence electrons. The first-order chi connectivity index (χ1) is 20.3. The molecule has 0 aliphatic heterocycles. The van der Waals surface area contributed by atoms with Crippen molar-refractivity contribution < 1.29 is 0 Å². The molecule has 0 fully saturated rings. The minimum Gasteiger partial charge on any atom is -0.0622 e. The number of hydrogen-bond acceptors (Lipinski definition) is 0. The Balaban J connectivity index is 1.24. The van der Waals surface area contributed by atoms with Crippen LogP contribution in [0.3, 0.4) is 0 Å². The Morgan fingerprint density at radius 2 is 0.683 bits per heavy atom. The van der Waals surface area contributed by atoms with Gasteiger partial charge in [-0.1, -0.05) is 158 Å². The Morgan fingerprint density at radius 1 is 0.366 bits per heavy atom. The van der Waals surface area contributed by atoms with Crippen molar-refractivity contribution in [3.63, 3.8) is 0 Å². The van der Waals surface area contributed by atoms with E-state index in [-0.39, 0.29) is 0 Å². The molecule has 1 aliphatic carbocycles. The van der Waals surface area contributed by atoms with Crippen LogP contribution in [-0.4, -0.2) is 0 Å². The van der Waals surface area contributed by atoms with Gasteiger partial charge in [0.2, 0.25) is 0 Å². The predicted octanol–water partition coefficient (Wildman–Crippen LogP) is 10.4. The van der Waals surface area contributed by atoms with E-state index in [1.165, 1.54) is 66.8 Å². The van der Waals surface area contributed by atoms with Gasteiger partial charge < -0.3 is 0 Å². The third-order valence-electron chi connectivity index (χ3n) is 7.89. The van der Waals surface area contributed by atoms with E-state index < -0.39 is 0 Å². The number of fused-ring (bicyclic) bond motifs is 3. The van der Waals surface area contributed by atoms with Gasteiger partial charge >= 0.3 is 0 Å². The van der Waals surface area contributed by atoms with E-state index in [2.05, 4.69) is 170 Å². The lowest BCUT2D eigenvalue weighted by Crippen LogP contribution is -1.89. The molecule has 0 nitrogen and oxygen atoms in total. The maximum atomic E-state index is 2.37. The van der Waals surface area contributed by atoms with Crippen LogP contribution in [0.2, 0.25) is 0 Å². The van der Waals surface area contributed by atoms with Crippen LogP contribution in [0.1, 0.15) is 44.5 Å². The van der Waals surface area contributed by atoms with Crippen molar-refractivity contribution in [1.82, 2.24) is 0 Å². The topological polar surface area (TPSA) is 0 Å². The van der Waals surface area contributed by atoms with Crippen LogP contribution >= 0.6 is 0 Å². The number of rotatable bonds is 6. The van der Waals surface area contributed by atoms with Crippen molar-refractivity contribution in [1.29, 1.82) is 0 Å². The van der Waals surface area contributed by atoms with Crippen LogP contribution in [0.15, 0.2) is 158 Å². The number of hydrogen-bond donors (Lipinski definition) is 0. The fourth-order valence-electron chi connectivity index (χ4n) is 5.90. The Labute approximate surface area is 242 Å². The van der Waals surface area contributed by atoms with Crippen molar-refractivity contribution in [3.8, 4) is 11.1 Å². The van der Waals surface area contributed by atoms with Crippen molar-refractivity contribution in [2.45, 2.75) is 6.42 Å². The van der Waals surface area contributed by atoms with Gasteiger partial charge in [-0.3, -0.25) is 0 Å². The monoisotopic (exact) mass is 522 g/mol. The Hall–Kier alpha value is -5.20. The van der Waals surface area contributed by atoms with Crippen LogP contribution < -0.4 is 0 Å². The first kappa shape index (κ1) is 24.8. The van der Waals surface area contributed by atoms with E-state index in [1.54, 1.807) is 0 Å². The lowest BCUT2D eigenvalue weighted by molar-refractivity contribution is 1.26. The smallest absolute Gasteiger partial charge is 0.00130 e. The van der Waals surface area contributed by atoms with Gasteiger partial charge in [-0.05, 0) is 85.4 Å². The van der Waals surface area contributed by atoms with Crippen LogP contribution in [0.5, 0.6) is 0 Å². The van der Waals surface area contributed by atoms with Gasteiger partial charge in [0.25, 0.3) is 0 Å². The molecule has 7 rings (SSSR count). The summed E-state index contributed by atoms with van der Waals surface area (Å²) in [6.07, 6.45) is 5.61. The summed E-state index contributed by atoms with van der Waals surface area (Å²) in [6, 6.07) is 56.6. The zero-order chi connectivity index (χ0) is 27.4. The van der Waals surface area contributed by atoms with E-state index in [4.69, 9.17) is 0 Å². The summed E-state index contributed by atoms with van der Waals surface area (Å²) in [7, 11) is 0. The van der Waals surface area contributed by atoms with E-state index in [0.29, 0.717) is 0 Å². The second kappa shape index (κ2) is 11.1. The first-order valence-corrected chi connectivity index (χ1v) is 14.2. The lowest BCUT2D eigenvalue weighted by Gasteiger charge is -2.10. The van der Waals surface area contributed by atoms with E-state index >= 15 is 0 Å². The summed E-state index contributed by atoms with van der Waals surface area (Å²) >= 11 is 0. The summed E-state index contributed by atoms with van der Waals surface area (Å²) in [6.45, 7) is 0. The molecular weight excluding hydrogens is 492 g/mol. The molecule has 6 aromatic carbocycles. The summed E-state index contributed by atoms with van der Waals surface area (Å²) in [5.41, 5.74) is 15.3. The van der Waals surface area contributed by atoms with E-state index in [9.17, 15) is 0 Å². The molecule has 6 aromatic rings. The largest absolute Gasteiger partial charge is 0.0622 e. The summed E-state index contributed by atoms with van der Waals surface area (Å²) < 4.78 is 0. The Bertz CT molecular complexity index is 1640. The van der Waals surface area contributed by atoms with Gasteiger partial charge in [-0.2, -0.15) is 0 Å². The second-order valence-electron chi connectivity index (χ2n) is 10.6. The van der Waals surface area contributed by atoms with E-state index in [1.807, 2.05) is 0 Å². The predicted molar refractivity (Wildman–Crippen MR) is 174 cm³/mol. The quantitative estimate of drug-likeness (QED) is 0.191. The second-order valence-corrected chi connectivity index (χ2v) is 10.6. The van der Waals surface area contributed by atoms with Crippen molar-refractivity contribution in [2.75, 3.05) is 0 Å². The lowest BCUT2D eigenvalue weighted by atomic mass is 9.94. The average molecular weight is 523 g/mol. The van der Waals surface area contributed by atoms with Gasteiger partial charge in [0, 0.05) is 0 Å². The molecule has 0 saturated heterocycles. The fourth-order valence-corrected chi connectivity index (χ4v) is 5.90. The third kappa shape index (κ3) is 5.21. The SMILES string of the molecule is C(=C(c1ccccc1)c1ccccc1)c1ccc2c(c1)Cc1cc(C=C(c3ccccc3)c3ccccc3)ccc1-2. The zero-order valence-electron chi connectivity index (χ0n) is 22.9.